The van der Waals surface area contributed by atoms with Gasteiger partial charge in [0.2, 0.25) is 0 Å². The monoisotopic (exact) mass is 190 g/mol. The summed E-state index contributed by atoms with van der Waals surface area (Å²) in [4.78, 5) is 1.00. The van der Waals surface area contributed by atoms with Crippen LogP contribution in [0, 0.1) is 0 Å². The van der Waals surface area contributed by atoms with Crippen LogP contribution < -0.4 is 0 Å². The summed E-state index contributed by atoms with van der Waals surface area (Å²) in [5.41, 5.74) is 2.39. The van der Waals surface area contributed by atoms with Crippen LogP contribution in [0.4, 0.5) is 0 Å². The molecule has 1 aromatic carbocycles. The van der Waals surface area contributed by atoms with E-state index in [1.165, 1.54) is 5.56 Å². The maximum atomic E-state index is 4.20. The molecule has 0 aliphatic carbocycles. The SMILES string of the molecule is C=C(/C=C(/C)S)Cc1ccccc1. The molecule has 0 aliphatic heterocycles. The van der Waals surface area contributed by atoms with Crippen molar-refractivity contribution in [3.8, 4) is 0 Å². The molecule has 13 heavy (non-hydrogen) atoms. The molecule has 0 aliphatic rings. The van der Waals surface area contributed by atoms with Crippen LogP contribution in [0.15, 0.2) is 53.5 Å². The van der Waals surface area contributed by atoms with E-state index in [9.17, 15) is 0 Å². The number of hydrogen-bond acceptors (Lipinski definition) is 1. The molecule has 0 fully saturated rings. The highest BCUT2D eigenvalue weighted by atomic mass is 32.1. The highest BCUT2D eigenvalue weighted by Gasteiger charge is 1.93. The van der Waals surface area contributed by atoms with Gasteiger partial charge in [-0.25, -0.2) is 0 Å². The molecule has 0 spiro atoms. The van der Waals surface area contributed by atoms with E-state index in [-0.39, 0.29) is 0 Å². The lowest BCUT2D eigenvalue weighted by Gasteiger charge is -2.00. The summed E-state index contributed by atoms with van der Waals surface area (Å²) in [6.07, 6.45) is 2.90. The fourth-order valence-electron chi connectivity index (χ4n) is 1.20. The maximum absolute atomic E-state index is 4.20. The predicted octanol–water partition coefficient (Wildman–Crippen LogP) is 3.62. The van der Waals surface area contributed by atoms with Crippen molar-refractivity contribution in [3.63, 3.8) is 0 Å². The van der Waals surface area contributed by atoms with E-state index in [1.54, 1.807) is 0 Å². The smallest absolute Gasteiger partial charge is 0.00314 e. The molecule has 0 atom stereocenters. The Kier molecular flexibility index (Phi) is 3.84. The van der Waals surface area contributed by atoms with E-state index in [0.717, 1.165) is 16.9 Å². The second-order valence-corrected chi connectivity index (χ2v) is 3.81. The van der Waals surface area contributed by atoms with Gasteiger partial charge in [-0.05, 0) is 23.8 Å². The minimum atomic E-state index is 0.902. The van der Waals surface area contributed by atoms with Gasteiger partial charge in [0.05, 0.1) is 0 Å². The van der Waals surface area contributed by atoms with E-state index < -0.39 is 0 Å². The van der Waals surface area contributed by atoms with E-state index in [0.29, 0.717) is 0 Å². The molecule has 0 bridgehead atoms. The first-order chi connectivity index (χ1) is 6.18. The lowest BCUT2D eigenvalue weighted by molar-refractivity contribution is 1.20. The zero-order valence-corrected chi connectivity index (χ0v) is 8.72. The quantitative estimate of drug-likeness (QED) is 0.546. The van der Waals surface area contributed by atoms with Gasteiger partial charge in [-0.1, -0.05) is 48.6 Å². The minimum Gasteiger partial charge on any atom is -0.148 e. The molecule has 0 heterocycles. The molecule has 0 N–H and O–H groups in total. The van der Waals surface area contributed by atoms with E-state index in [1.807, 2.05) is 31.2 Å². The normalized spacial score (nSPS) is 11.4. The van der Waals surface area contributed by atoms with Crippen molar-refractivity contribution in [3.05, 3.63) is 59.0 Å². The Labute approximate surface area is 85.4 Å². The Hall–Kier alpha value is -0.950. The van der Waals surface area contributed by atoms with E-state index in [2.05, 4.69) is 31.3 Å². The fourth-order valence-corrected chi connectivity index (χ4v) is 1.39. The van der Waals surface area contributed by atoms with Crippen molar-refractivity contribution in [2.24, 2.45) is 0 Å². The first kappa shape index (κ1) is 10.1. The summed E-state index contributed by atoms with van der Waals surface area (Å²) >= 11 is 4.20. The zero-order chi connectivity index (χ0) is 9.68. The third kappa shape index (κ3) is 4.00. The van der Waals surface area contributed by atoms with Crippen molar-refractivity contribution in [1.29, 1.82) is 0 Å². The summed E-state index contributed by atoms with van der Waals surface area (Å²) in [7, 11) is 0. The average Bonchev–Trinajstić information content (AvgIpc) is 2.04. The van der Waals surface area contributed by atoms with E-state index in [4.69, 9.17) is 0 Å². The van der Waals surface area contributed by atoms with Crippen LogP contribution in [0.2, 0.25) is 0 Å². The molecule has 1 rings (SSSR count). The fraction of sp³-hybridized carbons (Fsp3) is 0.167. The van der Waals surface area contributed by atoms with Gasteiger partial charge in [-0.2, -0.15) is 0 Å². The molecule has 0 nitrogen and oxygen atoms in total. The first-order valence-electron chi connectivity index (χ1n) is 4.27. The number of benzene rings is 1. The Morgan fingerprint density at radius 2 is 2.00 bits per heavy atom. The van der Waals surface area contributed by atoms with Crippen LogP contribution in [0.5, 0.6) is 0 Å². The standard InChI is InChI=1S/C12H14S/c1-10(8-11(2)13)9-12-6-4-3-5-7-12/h3-8,13H,1,9H2,2H3/b11-8-. The summed E-state index contributed by atoms with van der Waals surface area (Å²) in [5.74, 6) is 0. The zero-order valence-electron chi connectivity index (χ0n) is 7.83. The molecule has 0 unspecified atom stereocenters. The van der Waals surface area contributed by atoms with Crippen molar-refractivity contribution in [2.45, 2.75) is 13.3 Å². The van der Waals surface area contributed by atoms with Crippen LogP contribution in [0.3, 0.4) is 0 Å². The lowest BCUT2D eigenvalue weighted by Crippen LogP contribution is -1.85. The van der Waals surface area contributed by atoms with Gasteiger partial charge in [0.1, 0.15) is 0 Å². The summed E-state index contributed by atoms with van der Waals surface area (Å²) in [6.45, 7) is 5.92. The second-order valence-electron chi connectivity index (χ2n) is 3.11. The van der Waals surface area contributed by atoms with Gasteiger partial charge in [0.25, 0.3) is 0 Å². The summed E-state index contributed by atoms with van der Waals surface area (Å²) in [6, 6.07) is 10.3. The van der Waals surface area contributed by atoms with Crippen LogP contribution in [0.25, 0.3) is 0 Å². The van der Waals surface area contributed by atoms with E-state index >= 15 is 0 Å². The maximum Gasteiger partial charge on any atom is -0.00314 e. The minimum absolute atomic E-state index is 0.902. The Balaban J connectivity index is 2.61. The molecule has 0 radical (unpaired) electrons. The molecule has 68 valence electrons. The molecule has 0 saturated carbocycles. The van der Waals surface area contributed by atoms with Crippen LogP contribution >= 0.6 is 12.6 Å². The van der Waals surface area contributed by atoms with Crippen LogP contribution in [0.1, 0.15) is 12.5 Å². The highest BCUT2D eigenvalue weighted by Crippen LogP contribution is 2.10. The second kappa shape index (κ2) is 4.93. The number of hydrogen-bond donors (Lipinski definition) is 1. The number of rotatable bonds is 3. The van der Waals surface area contributed by atoms with Crippen LogP contribution in [-0.2, 0) is 6.42 Å². The molecule has 0 amide bonds. The van der Waals surface area contributed by atoms with Crippen molar-refractivity contribution < 1.29 is 0 Å². The van der Waals surface area contributed by atoms with Crippen molar-refractivity contribution in [1.82, 2.24) is 0 Å². The summed E-state index contributed by atoms with van der Waals surface area (Å²) < 4.78 is 0. The van der Waals surface area contributed by atoms with Gasteiger partial charge >= 0.3 is 0 Å². The first-order valence-corrected chi connectivity index (χ1v) is 4.72. The highest BCUT2D eigenvalue weighted by molar-refractivity contribution is 7.84. The van der Waals surface area contributed by atoms with Crippen molar-refractivity contribution in [2.75, 3.05) is 0 Å². The molecule has 0 saturated heterocycles. The number of allylic oxidation sites excluding steroid dienone is 3. The summed E-state index contributed by atoms with van der Waals surface area (Å²) in [5, 5.41) is 0. The van der Waals surface area contributed by atoms with Gasteiger partial charge in [0, 0.05) is 0 Å². The van der Waals surface area contributed by atoms with Gasteiger partial charge < -0.3 is 0 Å². The Morgan fingerprint density at radius 3 is 2.54 bits per heavy atom. The molecule has 0 aromatic heterocycles. The molecular weight excluding hydrogens is 176 g/mol. The van der Waals surface area contributed by atoms with Crippen molar-refractivity contribution >= 4 is 12.6 Å². The van der Waals surface area contributed by atoms with Crippen LogP contribution in [-0.4, -0.2) is 0 Å². The largest absolute Gasteiger partial charge is 0.148 e. The predicted molar refractivity (Wildman–Crippen MR) is 62.0 cm³/mol. The Bertz CT molecular complexity index is 305. The Morgan fingerprint density at radius 1 is 1.38 bits per heavy atom. The van der Waals surface area contributed by atoms with Gasteiger partial charge in [-0.15, -0.1) is 12.6 Å². The number of thiol groups is 1. The molecular formula is C12H14S. The van der Waals surface area contributed by atoms with Gasteiger partial charge in [0.15, 0.2) is 0 Å². The van der Waals surface area contributed by atoms with Gasteiger partial charge in [-0.3, -0.25) is 0 Å². The third-order valence-corrected chi connectivity index (χ3v) is 1.82. The molecule has 1 aromatic rings. The molecule has 1 heteroatoms. The third-order valence-electron chi connectivity index (χ3n) is 1.69. The lowest BCUT2D eigenvalue weighted by atomic mass is 10.1. The topological polar surface area (TPSA) is 0 Å². The average molecular weight is 190 g/mol.